The van der Waals surface area contributed by atoms with Crippen molar-refractivity contribution in [3.05, 3.63) is 84.1 Å². The Balaban J connectivity index is 1.58. The van der Waals surface area contributed by atoms with E-state index in [2.05, 4.69) is 60.1 Å². The summed E-state index contributed by atoms with van der Waals surface area (Å²) in [5.41, 5.74) is 7.17. The average molecular weight is 401 g/mol. The molecule has 0 radical (unpaired) electrons. The van der Waals surface area contributed by atoms with E-state index in [9.17, 15) is 0 Å². The maximum absolute atomic E-state index is 6.32. The fourth-order valence-corrected chi connectivity index (χ4v) is 3.97. The van der Waals surface area contributed by atoms with Gasteiger partial charge < -0.3 is 4.90 Å². The number of nitrogens with zero attached hydrogens (tertiary/aromatic N) is 5. The number of guanidine groups is 1. The summed E-state index contributed by atoms with van der Waals surface area (Å²) in [7, 11) is 0. The Bertz CT molecular complexity index is 1040. The fraction of sp³-hybridized carbons (Fsp3) is 0.292. The third-order valence-electron chi connectivity index (χ3n) is 5.97. The van der Waals surface area contributed by atoms with Gasteiger partial charge in [0, 0.05) is 25.2 Å². The number of nitrogens with two attached hydrogens (primary N) is 1. The summed E-state index contributed by atoms with van der Waals surface area (Å²) in [6, 6.07) is 8.43. The second-order valence-electron chi connectivity index (χ2n) is 8.01. The van der Waals surface area contributed by atoms with Gasteiger partial charge in [0.1, 0.15) is 6.33 Å². The molecule has 0 bridgehead atoms. The molecule has 1 aromatic heterocycles. The topological polar surface area (TPSA) is 70.6 Å². The second kappa shape index (κ2) is 8.24. The van der Waals surface area contributed by atoms with Crippen LogP contribution in [0.1, 0.15) is 35.2 Å². The molecule has 0 amide bonds. The number of aryl methyl sites for hydroxylation is 2. The first-order chi connectivity index (χ1) is 14.4. The van der Waals surface area contributed by atoms with Crippen LogP contribution in [0.25, 0.3) is 11.3 Å². The molecule has 6 nitrogen and oxygen atoms in total. The van der Waals surface area contributed by atoms with Crippen molar-refractivity contribution in [2.45, 2.75) is 26.7 Å². The molecule has 1 aromatic carbocycles. The highest BCUT2D eigenvalue weighted by Crippen LogP contribution is 2.32. The van der Waals surface area contributed by atoms with Crippen molar-refractivity contribution in [1.29, 1.82) is 0 Å². The van der Waals surface area contributed by atoms with Crippen molar-refractivity contribution >= 4 is 17.2 Å². The van der Waals surface area contributed by atoms with Crippen molar-refractivity contribution in [3.63, 3.8) is 0 Å². The van der Waals surface area contributed by atoms with E-state index in [0.29, 0.717) is 17.6 Å². The van der Waals surface area contributed by atoms with Crippen molar-refractivity contribution in [2.75, 3.05) is 13.1 Å². The van der Waals surface area contributed by atoms with Gasteiger partial charge in [0.25, 0.3) is 0 Å². The summed E-state index contributed by atoms with van der Waals surface area (Å²) in [5, 5.41) is 1.56. The molecule has 1 saturated heterocycles. The molecule has 1 unspecified atom stereocenters. The van der Waals surface area contributed by atoms with Crippen LogP contribution in [0, 0.1) is 19.8 Å². The quantitative estimate of drug-likeness (QED) is 0.791. The van der Waals surface area contributed by atoms with Gasteiger partial charge in [0.15, 0.2) is 0 Å². The highest BCUT2D eigenvalue weighted by atomic mass is 15.5. The van der Waals surface area contributed by atoms with Crippen LogP contribution >= 0.6 is 0 Å². The Hall–Kier alpha value is -3.25. The van der Waals surface area contributed by atoms with Gasteiger partial charge in [-0.15, -0.1) is 0 Å². The van der Waals surface area contributed by atoms with E-state index in [-0.39, 0.29) is 0 Å². The number of benzene rings is 1. The minimum absolute atomic E-state index is 0.346. The predicted molar refractivity (Wildman–Crippen MR) is 122 cm³/mol. The fourth-order valence-electron chi connectivity index (χ4n) is 3.97. The summed E-state index contributed by atoms with van der Waals surface area (Å²) in [5.74, 6) is 7.37. The molecule has 30 heavy (non-hydrogen) atoms. The number of hydrogen-bond donors (Lipinski definition) is 1. The Morgan fingerprint density at radius 2 is 2.03 bits per heavy atom. The first-order valence-corrected chi connectivity index (χ1v) is 10.3. The molecule has 6 heteroatoms. The summed E-state index contributed by atoms with van der Waals surface area (Å²) in [6.45, 7) is 14.5. The maximum atomic E-state index is 6.32. The second-order valence-corrected chi connectivity index (χ2v) is 8.01. The van der Waals surface area contributed by atoms with Crippen LogP contribution in [0.5, 0.6) is 0 Å². The molecular formula is C24H28N6. The van der Waals surface area contributed by atoms with Crippen molar-refractivity contribution in [3.8, 4) is 0 Å². The van der Waals surface area contributed by atoms with Gasteiger partial charge in [-0.05, 0) is 61.1 Å². The lowest BCUT2D eigenvalue weighted by atomic mass is 9.86. The lowest BCUT2D eigenvalue weighted by Crippen LogP contribution is -2.51. The van der Waals surface area contributed by atoms with E-state index in [1.165, 1.54) is 28.6 Å². The number of allylic oxidation sites excluding steroid dienone is 1. The summed E-state index contributed by atoms with van der Waals surface area (Å²) >= 11 is 0. The molecule has 154 valence electrons. The molecule has 2 aliphatic rings. The van der Waals surface area contributed by atoms with Crippen LogP contribution in [0.2, 0.25) is 0 Å². The molecule has 4 rings (SSSR count). The molecule has 0 spiro atoms. The number of likely N-dealkylation sites (tertiary alicyclic amines) is 1. The Kier molecular flexibility index (Phi) is 5.50. The van der Waals surface area contributed by atoms with Crippen LogP contribution in [-0.4, -0.2) is 38.9 Å². The van der Waals surface area contributed by atoms with E-state index in [1.54, 1.807) is 11.2 Å². The standard InChI is InChI=1S/C24H28N6/c1-16-7-8-20(12-17(16)2)19(4)21-6-5-11-29(14-21)24-28-23(13-18(3)30(24)25)22-9-10-26-15-27-22/h7-10,12-13,15,21H,3-6,11,14,25H2,1-2H3. The SMILES string of the molecule is C=C(c1ccc(C)c(C)c1)C1CCCN(C2=NC(c3ccncn3)=CC(=C)N2N)C1. The van der Waals surface area contributed by atoms with Crippen LogP contribution in [0.3, 0.4) is 0 Å². The summed E-state index contributed by atoms with van der Waals surface area (Å²) < 4.78 is 0. The zero-order valence-corrected chi connectivity index (χ0v) is 17.7. The normalized spacial score (nSPS) is 19.4. The molecule has 2 aromatic rings. The van der Waals surface area contributed by atoms with Crippen molar-refractivity contribution in [2.24, 2.45) is 16.8 Å². The molecular weight excluding hydrogens is 372 g/mol. The number of hydrazine groups is 1. The first kappa shape index (κ1) is 20.0. The summed E-state index contributed by atoms with van der Waals surface area (Å²) in [4.78, 5) is 15.4. The van der Waals surface area contributed by atoms with Crippen LogP contribution < -0.4 is 5.84 Å². The molecule has 0 aliphatic carbocycles. The number of aromatic nitrogens is 2. The number of piperidine rings is 1. The van der Waals surface area contributed by atoms with Gasteiger partial charge in [-0.2, -0.15) is 0 Å². The number of rotatable bonds is 3. The van der Waals surface area contributed by atoms with E-state index in [1.807, 2.05) is 12.1 Å². The molecule has 1 atom stereocenters. The zero-order chi connectivity index (χ0) is 21.3. The predicted octanol–water partition coefficient (Wildman–Crippen LogP) is 3.92. The Morgan fingerprint density at radius 3 is 2.77 bits per heavy atom. The molecule has 2 aliphatic heterocycles. The molecule has 3 heterocycles. The minimum Gasteiger partial charge on any atom is -0.341 e. The smallest absolute Gasteiger partial charge is 0.221 e. The maximum Gasteiger partial charge on any atom is 0.221 e. The van der Waals surface area contributed by atoms with Gasteiger partial charge in [0.2, 0.25) is 5.96 Å². The number of aliphatic imine (C=N–C) groups is 1. The Labute approximate surface area is 178 Å². The average Bonchev–Trinajstić information content (AvgIpc) is 2.77. The highest BCUT2D eigenvalue weighted by molar-refractivity contribution is 5.90. The van der Waals surface area contributed by atoms with Gasteiger partial charge in [0.05, 0.1) is 17.1 Å². The molecule has 0 saturated carbocycles. The lowest BCUT2D eigenvalue weighted by Gasteiger charge is -2.39. The molecule has 2 N–H and O–H groups in total. The largest absolute Gasteiger partial charge is 0.341 e. The van der Waals surface area contributed by atoms with Crippen LogP contribution in [0.4, 0.5) is 0 Å². The monoisotopic (exact) mass is 400 g/mol. The van der Waals surface area contributed by atoms with E-state index in [4.69, 9.17) is 10.8 Å². The highest BCUT2D eigenvalue weighted by Gasteiger charge is 2.29. The third-order valence-corrected chi connectivity index (χ3v) is 5.97. The minimum atomic E-state index is 0.346. The summed E-state index contributed by atoms with van der Waals surface area (Å²) in [6.07, 6.45) is 7.24. The zero-order valence-electron chi connectivity index (χ0n) is 17.7. The van der Waals surface area contributed by atoms with Crippen molar-refractivity contribution in [1.82, 2.24) is 19.9 Å². The van der Waals surface area contributed by atoms with Crippen LogP contribution in [-0.2, 0) is 0 Å². The van der Waals surface area contributed by atoms with E-state index in [0.717, 1.165) is 37.3 Å². The van der Waals surface area contributed by atoms with Crippen molar-refractivity contribution < 1.29 is 0 Å². The van der Waals surface area contributed by atoms with Gasteiger partial charge >= 0.3 is 0 Å². The van der Waals surface area contributed by atoms with Gasteiger partial charge in [-0.3, -0.25) is 0 Å². The number of hydrogen-bond acceptors (Lipinski definition) is 6. The third kappa shape index (κ3) is 3.91. The Morgan fingerprint density at radius 1 is 1.20 bits per heavy atom. The van der Waals surface area contributed by atoms with E-state index >= 15 is 0 Å². The van der Waals surface area contributed by atoms with Gasteiger partial charge in [-0.1, -0.05) is 31.4 Å². The van der Waals surface area contributed by atoms with Gasteiger partial charge in [-0.25, -0.2) is 25.8 Å². The molecule has 1 fully saturated rings. The first-order valence-electron chi connectivity index (χ1n) is 10.3. The lowest BCUT2D eigenvalue weighted by molar-refractivity contribution is 0.269. The van der Waals surface area contributed by atoms with Crippen LogP contribution in [0.15, 0.2) is 66.7 Å². The van der Waals surface area contributed by atoms with E-state index < -0.39 is 0 Å².